The van der Waals surface area contributed by atoms with Gasteiger partial charge in [0.2, 0.25) is 0 Å². The van der Waals surface area contributed by atoms with Gasteiger partial charge < -0.3 is 14.6 Å². The second-order valence-electron chi connectivity index (χ2n) is 6.75. The van der Waals surface area contributed by atoms with Crippen LogP contribution in [0.15, 0.2) is 60.7 Å². The molecule has 3 aromatic carbocycles. The molecule has 6 heteroatoms. The zero-order valence-corrected chi connectivity index (χ0v) is 16.0. The van der Waals surface area contributed by atoms with E-state index in [9.17, 15) is 5.11 Å². The van der Waals surface area contributed by atoms with Crippen LogP contribution >= 0.6 is 0 Å². The largest absolute Gasteiger partial charge is 0.508 e. The van der Waals surface area contributed by atoms with Crippen molar-refractivity contribution >= 4 is 11.0 Å². The molecule has 0 aliphatic carbocycles. The number of ether oxygens (including phenoxy) is 2. The maximum atomic E-state index is 9.57. The van der Waals surface area contributed by atoms with Gasteiger partial charge >= 0.3 is 0 Å². The van der Waals surface area contributed by atoms with Crippen LogP contribution in [0.5, 0.6) is 17.2 Å². The molecule has 1 aromatic heterocycles. The summed E-state index contributed by atoms with van der Waals surface area (Å²) in [6.45, 7) is 3.99. The van der Waals surface area contributed by atoms with Gasteiger partial charge in [-0.25, -0.2) is 4.68 Å². The Morgan fingerprint density at radius 2 is 1.68 bits per heavy atom. The first-order valence-electron chi connectivity index (χ1n) is 9.05. The fourth-order valence-electron chi connectivity index (χ4n) is 3.11. The predicted octanol–water partition coefficient (Wildman–Crippen LogP) is 4.59. The lowest BCUT2D eigenvalue weighted by atomic mass is 10.0. The van der Waals surface area contributed by atoms with E-state index in [0.717, 1.165) is 33.6 Å². The quantitative estimate of drug-likeness (QED) is 0.552. The van der Waals surface area contributed by atoms with E-state index in [4.69, 9.17) is 9.47 Å². The molecule has 142 valence electrons. The van der Waals surface area contributed by atoms with E-state index in [1.54, 1.807) is 23.9 Å². The number of fused-ring (bicyclic) bond motifs is 1. The molecular weight excluding hydrogens is 354 g/mol. The number of phenolic OH excluding ortho intramolecular Hbond substituents is 1. The van der Waals surface area contributed by atoms with Gasteiger partial charge in [-0.15, -0.1) is 5.10 Å². The Morgan fingerprint density at radius 1 is 0.964 bits per heavy atom. The Bertz CT molecular complexity index is 1100. The molecule has 4 rings (SSSR count). The van der Waals surface area contributed by atoms with Crippen molar-refractivity contribution in [3.63, 3.8) is 0 Å². The van der Waals surface area contributed by atoms with Crippen molar-refractivity contribution in [2.45, 2.75) is 20.0 Å². The second kappa shape index (κ2) is 7.23. The molecule has 0 aliphatic heterocycles. The number of nitrogens with zero attached hydrogens (tertiary/aromatic N) is 3. The molecule has 0 radical (unpaired) electrons. The van der Waals surface area contributed by atoms with Gasteiger partial charge in [-0.2, -0.15) is 0 Å². The predicted molar refractivity (Wildman–Crippen MR) is 108 cm³/mol. The summed E-state index contributed by atoms with van der Waals surface area (Å²) >= 11 is 0. The topological polar surface area (TPSA) is 69.4 Å². The standard InChI is InChI=1S/C22H21N3O3/c1-14(2)28-18-10-6-16(7-11-18)25-21-12-19(15-4-8-17(26)9-5-15)22(27-3)13-20(21)23-24-25/h4-14,26H,1-3H3. The number of methoxy groups -OCH3 is 1. The van der Waals surface area contributed by atoms with Crippen molar-refractivity contribution in [1.29, 1.82) is 0 Å². The molecular formula is C22H21N3O3. The lowest BCUT2D eigenvalue weighted by Crippen LogP contribution is -2.05. The van der Waals surface area contributed by atoms with E-state index in [1.165, 1.54) is 0 Å². The molecule has 6 nitrogen and oxygen atoms in total. The van der Waals surface area contributed by atoms with Gasteiger partial charge in [0.25, 0.3) is 0 Å². The van der Waals surface area contributed by atoms with Crippen LogP contribution in [0.2, 0.25) is 0 Å². The average molecular weight is 375 g/mol. The molecule has 0 spiro atoms. The number of hydrogen-bond donors (Lipinski definition) is 1. The van der Waals surface area contributed by atoms with Gasteiger partial charge in [-0.05, 0) is 61.9 Å². The molecule has 4 aromatic rings. The lowest BCUT2D eigenvalue weighted by Gasteiger charge is -2.11. The van der Waals surface area contributed by atoms with Crippen molar-refractivity contribution in [2.24, 2.45) is 0 Å². The fraction of sp³-hybridized carbons (Fsp3) is 0.182. The van der Waals surface area contributed by atoms with E-state index in [-0.39, 0.29) is 11.9 Å². The fourth-order valence-corrected chi connectivity index (χ4v) is 3.11. The van der Waals surface area contributed by atoms with Crippen molar-refractivity contribution in [3.05, 3.63) is 60.7 Å². The lowest BCUT2D eigenvalue weighted by molar-refractivity contribution is 0.242. The van der Waals surface area contributed by atoms with Gasteiger partial charge in [0, 0.05) is 11.6 Å². The van der Waals surface area contributed by atoms with Crippen LogP contribution < -0.4 is 9.47 Å². The summed E-state index contributed by atoms with van der Waals surface area (Å²) in [5, 5.41) is 18.2. The Hall–Kier alpha value is -3.54. The average Bonchev–Trinajstić information content (AvgIpc) is 3.10. The normalized spacial score (nSPS) is 11.1. The third-order valence-corrected chi connectivity index (χ3v) is 4.40. The van der Waals surface area contributed by atoms with Crippen LogP contribution in [-0.2, 0) is 0 Å². The molecule has 0 saturated carbocycles. The molecule has 0 fully saturated rings. The molecule has 0 saturated heterocycles. The molecule has 28 heavy (non-hydrogen) atoms. The summed E-state index contributed by atoms with van der Waals surface area (Å²) in [7, 11) is 1.63. The number of rotatable bonds is 5. The second-order valence-corrected chi connectivity index (χ2v) is 6.75. The molecule has 0 unspecified atom stereocenters. The van der Waals surface area contributed by atoms with Crippen molar-refractivity contribution < 1.29 is 14.6 Å². The molecule has 1 heterocycles. The minimum atomic E-state index is 0.124. The van der Waals surface area contributed by atoms with Crippen LogP contribution in [0, 0.1) is 0 Å². The first kappa shape index (κ1) is 17.9. The number of aromatic nitrogens is 3. The Labute approximate surface area is 163 Å². The minimum absolute atomic E-state index is 0.124. The van der Waals surface area contributed by atoms with Gasteiger partial charge in [0.1, 0.15) is 22.8 Å². The Balaban J connectivity index is 1.80. The van der Waals surface area contributed by atoms with Gasteiger partial charge in [-0.1, -0.05) is 17.3 Å². The number of phenols is 1. The highest BCUT2D eigenvalue weighted by Gasteiger charge is 2.14. The maximum absolute atomic E-state index is 9.57. The van der Waals surface area contributed by atoms with Crippen LogP contribution in [0.3, 0.4) is 0 Å². The Kier molecular flexibility index (Phi) is 4.61. The highest BCUT2D eigenvalue weighted by Crippen LogP contribution is 2.35. The highest BCUT2D eigenvalue weighted by molar-refractivity contribution is 5.87. The summed E-state index contributed by atoms with van der Waals surface area (Å²) < 4.78 is 13.0. The van der Waals surface area contributed by atoms with E-state index < -0.39 is 0 Å². The first-order valence-corrected chi connectivity index (χ1v) is 9.05. The third kappa shape index (κ3) is 3.36. The molecule has 0 amide bonds. The number of hydrogen-bond acceptors (Lipinski definition) is 5. The monoisotopic (exact) mass is 375 g/mol. The first-order chi connectivity index (χ1) is 13.5. The van der Waals surface area contributed by atoms with E-state index in [2.05, 4.69) is 10.3 Å². The molecule has 0 atom stereocenters. The smallest absolute Gasteiger partial charge is 0.129 e. The van der Waals surface area contributed by atoms with E-state index in [1.807, 2.05) is 62.4 Å². The number of benzene rings is 3. The van der Waals surface area contributed by atoms with Crippen LogP contribution in [-0.4, -0.2) is 33.3 Å². The molecule has 0 aliphatic rings. The summed E-state index contributed by atoms with van der Waals surface area (Å²) in [4.78, 5) is 0. The zero-order valence-electron chi connectivity index (χ0n) is 16.0. The highest BCUT2D eigenvalue weighted by atomic mass is 16.5. The zero-order chi connectivity index (χ0) is 19.7. The van der Waals surface area contributed by atoms with Crippen LogP contribution in [0.25, 0.3) is 27.8 Å². The maximum Gasteiger partial charge on any atom is 0.129 e. The molecule has 1 N–H and O–H groups in total. The van der Waals surface area contributed by atoms with E-state index >= 15 is 0 Å². The Morgan fingerprint density at radius 3 is 2.32 bits per heavy atom. The summed E-state index contributed by atoms with van der Waals surface area (Å²) in [5.41, 5.74) is 4.33. The van der Waals surface area contributed by atoms with Crippen LogP contribution in [0.4, 0.5) is 0 Å². The third-order valence-electron chi connectivity index (χ3n) is 4.40. The van der Waals surface area contributed by atoms with Gasteiger partial charge in [0.15, 0.2) is 0 Å². The van der Waals surface area contributed by atoms with Crippen molar-refractivity contribution in [1.82, 2.24) is 15.0 Å². The van der Waals surface area contributed by atoms with E-state index in [0.29, 0.717) is 5.75 Å². The summed E-state index contributed by atoms with van der Waals surface area (Å²) in [5.74, 6) is 1.74. The SMILES string of the molecule is COc1cc2nnn(-c3ccc(OC(C)C)cc3)c2cc1-c1ccc(O)cc1. The number of aromatic hydroxyl groups is 1. The van der Waals surface area contributed by atoms with Gasteiger partial charge in [-0.3, -0.25) is 0 Å². The van der Waals surface area contributed by atoms with Crippen molar-refractivity contribution in [2.75, 3.05) is 7.11 Å². The van der Waals surface area contributed by atoms with Crippen molar-refractivity contribution in [3.8, 4) is 34.1 Å². The summed E-state index contributed by atoms with van der Waals surface area (Å²) in [6.07, 6.45) is 0.124. The van der Waals surface area contributed by atoms with Gasteiger partial charge in [0.05, 0.1) is 24.4 Å². The summed E-state index contributed by atoms with van der Waals surface area (Å²) in [6, 6.07) is 18.6. The molecule has 0 bridgehead atoms. The van der Waals surface area contributed by atoms with Crippen LogP contribution in [0.1, 0.15) is 13.8 Å². The minimum Gasteiger partial charge on any atom is -0.508 e.